The average molecular weight is 527 g/mol. The van der Waals surface area contributed by atoms with Gasteiger partial charge in [-0.1, -0.05) is 12.1 Å². The van der Waals surface area contributed by atoms with Gasteiger partial charge in [-0.05, 0) is 99.0 Å². The molecular weight excluding hydrogens is 500 g/mol. The molecule has 9 heteroatoms. The van der Waals surface area contributed by atoms with Crippen molar-refractivity contribution in [3.05, 3.63) is 97.4 Å². The van der Waals surface area contributed by atoms with Gasteiger partial charge in [-0.3, -0.25) is 24.6 Å². The molecule has 0 aliphatic carbocycles. The van der Waals surface area contributed by atoms with Crippen LogP contribution in [0.4, 0.5) is 22.7 Å². The third-order valence-corrected chi connectivity index (χ3v) is 8.04. The Bertz CT molecular complexity index is 1610. The highest BCUT2D eigenvalue weighted by molar-refractivity contribution is 8.19. The van der Waals surface area contributed by atoms with Gasteiger partial charge in [-0.15, -0.1) is 0 Å². The van der Waals surface area contributed by atoms with Crippen molar-refractivity contribution in [1.29, 1.82) is 0 Å². The lowest BCUT2D eigenvalue weighted by Crippen LogP contribution is -2.30. The first-order chi connectivity index (χ1) is 18.1. The number of amides is 2. The third kappa shape index (κ3) is 4.18. The van der Waals surface area contributed by atoms with E-state index in [2.05, 4.69) is 0 Å². The van der Waals surface area contributed by atoms with Crippen LogP contribution in [0.3, 0.4) is 0 Å². The Morgan fingerprint density at radius 3 is 2.18 bits per heavy atom. The van der Waals surface area contributed by atoms with Crippen LogP contribution in [0.5, 0.6) is 0 Å². The van der Waals surface area contributed by atoms with Crippen molar-refractivity contribution in [3.8, 4) is 0 Å². The van der Waals surface area contributed by atoms with Crippen molar-refractivity contribution in [2.75, 3.05) is 16.3 Å². The van der Waals surface area contributed by atoms with Crippen LogP contribution < -0.4 is 9.80 Å². The zero-order valence-corrected chi connectivity index (χ0v) is 22.5. The monoisotopic (exact) mass is 526 g/mol. The van der Waals surface area contributed by atoms with Crippen molar-refractivity contribution >= 4 is 57.1 Å². The molecule has 2 aliphatic rings. The second-order valence-corrected chi connectivity index (χ2v) is 10.4. The van der Waals surface area contributed by atoms with E-state index in [0.717, 1.165) is 34.0 Å². The van der Waals surface area contributed by atoms with Crippen molar-refractivity contribution in [1.82, 2.24) is 0 Å². The van der Waals surface area contributed by atoms with E-state index in [1.54, 1.807) is 6.07 Å². The molecule has 0 radical (unpaired) electrons. The summed E-state index contributed by atoms with van der Waals surface area (Å²) < 4.78 is 0. The van der Waals surface area contributed by atoms with Crippen molar-refractivity contribution in [3.63, 3.8) is 0 Å². The first-order valence-electron chi connectivity index (χ1n) is 12.2. The molecule has 2 amide bonds. The summed E-state index contributed by atoms with van der Waals surface area (Å²) in [5, 5.41) is 11.9. The first-order valence-corrected chi connectivity index (χ1v) is 13.0. The van der Waals surface area contributed by atoms with Gasteiger partial charge in [-0.2, -0.15) is 0 Å². The Morgan fingerprint density at radius 1 is 0.868 bits per heavy atom. The van der Waals surface area contributed by atoms with Gasteiger partial charge >= 0.3 is 0 Å². The molecule has 38 heavy (non-hydrogen) atoms. The summed E-state index contributed by atoms with van der Waals surface area (Å²) in [5.41, 5.74) is 6.60. The predicted octanol–water partition coefficient (Wildman–Crippen LogP) is 6.37. The van der Waals surface area contributed by atoms with Crippen LogP contribution in [0.1, 0.15) is 34.7 Å². The Hall–Kier alpha value is -4.24. The number of aliphatic imine (C=N–C) groups is 1. The van der Waals surface area contributed by atoms with Crippen LogP contribution >= 0.6 is 11.8 Å². The molecule has 0 unspecified atom stereocenters. The molecule has 0 N–H and O–H groups in total. The highest BCUT2D eigenvalue weighted by Crippen LogP contribution is 2.47. The molecule has 2 heterocycles. The number of carbonyl (C=O) groups excluding carboxylic acids is 2. The quantitative estimate of drug-likeness (QED) is 0.223. The fourth-order valence-corrected chi connectivity index (χ4v) is 5.66. The largest absolute Gasteiger partial charge is 0.308 e. The van der Waals surface area contributed by atoms with Gasteiger partial charge in [0.25, 0.3) is 17.5 Å². The van der Waals surface area contributed by atoms with E-state index >= 15 is 0 Å². The number of rotatable bonds is 4. The minimum atomic E-state index is -0.501. The molecule has 1 fully saturated rings. The number of fused-ring (bicyclic) bond motifs is 1. The SMILES string of the molecule is CCN1C(=O)/C(=C2\SC(=Nc3ccc(C)c(C)c3)N(c3ccc(C)c(C)c3)C2=O)c2cc([N+](=O)[O-])ccc21. The van der Waals surface area contributed by atoms with Crippen molar-refractivity contribution < 1.29 is 14.5 Å². The number of nitro groups is 1. The summed E-state index contributed by atoms with van der Waals surface area (Å²) in [4.78, 5) is 46.7. The maximum Gasteiger partial charge on any atom is 0.272 e. The molecule has 0 bridgehead atoms. The van der Waals surface area contributed by atoms with E-state index in [0.29, 0.717) is 34.3 Å². The van der Waals surface area contributed by atoms with Crippen molar-refractivity contribution in [2.24, 2.45) is 4.99 Å². The summed E-state index contributed by atoms with van der Waals surface area (Å²) in [5.74, 6) is -0.745. The minimum Gasteiger partial charge on any atom is -0.308 e. The van der Waals surface area contributed by atoms with Gasteiger partial charge in [0.05, 0.1) is 32.5 Å². The molecule has 3 aromatic rings. The smallest absolute Gasteiger partial charge is 0.272 e. The fraction of sp³-hybridized carbons (Fsp3) is 0.207. The molecule has 0 atom stereocenters. The topological polar surface area (TPSA) is 96.1 Å². The van der Waals surface area contributed by atoms with Gasteiger partial charge in [0.1, 0.15) is 0 Å². The van der Waals surface area contributed by atoms with Gasteiger partial charge < -0.3 is 4.90 Å². The molecule has 5 rings (SSSR count). The zero-order valence-electron chi connectivity index (χ0n) is 21.7. The summed E-state index contributed by atoms with van der Waals surface area (Å²) in [6, 6.07) is 15.9. The van der Waals surface area contributed by atoms with Gasteiger partial charge in [-0.25, -0.2) is 4.99 Å². The predicted molar refractivity (Wildman–Crippen MR) is 152 cm³/mol. The third-order valence-electron chi connectivity index (χ3n) is 7.00. The highest BCUT2D eigenvalue weighted by Gasteiger charge is 2.43. The maximum absolute atomic E-state index is 14.0. The van der Waals surface area contributed by atoms with Gasteiger partial charge in [0.15, 0.2) is 5.17 Å². The molecular formula is C29H26N4O4S. The summed E-state index contributed by atoms with van der Waals surface area (Å²) >= 11 is 1.12. The number of nitro benzene ring substituents is 1. The van der Waals surface area contributed by atoms with Crippen LogP contribution in [0.25, 0.3) is 5.57 Å². The number of benzene rings is 3. The van der Waals surface area contributed by atoms with E-state index in [9.17, 15) is 19.7 Å². The lowest BCUT2D eigenvalue weighted by Gasteiger charge is -2.17. The number of nitrogens with zero attached hydrogens (tertiary/aromatic N) is 4. The summed E-state index contributed by atoms with van der Waals surface area (Å²) in [6.45, 7) is 10.2. The number of likely N-dealkylation sites (N-methyl/N-ethyl adjacent to an activating group) is 1. The second-order valence-electron chi connectivity index (χ2n) is 9.39. The van der Waals surface area contributed by atoms with Crippen LogP contribution in [-0.2, 0) is 9.59 Å². The number of thioether (sulfide) groups is 1. The summed E-state index contributed by atoms with van der Waals surface area (Å²) in [6.07, 6.45) is 0. The fourth-order valence-electron chi connectivity index (χ4n) is 4.56. The number of anilines is 2. The molecule has 0 spiro atoms. The second kappa shape index (κ2) is 9.57. The maximum atomic E-state index is 14.0. The molecule has 0 aromatic heterocycles. The lowest BCUT2D eigenvalue weighted by atomic mass is 10.1. The van der Waals surface area contributed by atoms with Crippen molar-refractivity contribution in [2.45, 2.75) is 34.6 Å². The minimum absolute atomic E-state index is 0.141. The van der Waals surface area contributed by atoms with E-state index in [1.165, 1.54) is 21.9 Å². The number of aryl methyl sites for hydroxylation is 4. The Kier molecular flexibility index (Phi) is 6.40. The molecule has 2 aliphatic heterocycles. The van der Waals surface area contributed by atoms with E-state index < -0.39 is 4.92 Å². The van der Waals surface area contributed by atoms with Gasteiger partial charge in [0.2, 0.25) is 0 Å². The number of hydrogen-bond donors (Lipinski definition) is 0. The van der Waals surface area contributed by atoms with Crippen LogP contribution in [0, 0.1) is 37.8 Å². The van der Waals surface area contributed by atoms with E-state index in [-0.39, 0.29) is 28.0 Å². The van der Waals surface area contributed by atoms with E-state index in [1.807, 2.05) is 71.0 Å². The number of carbonyl (C=O) groups is 2. The molecule has 3 aromatic carbocycles. The Labute approximate surface area is 224 Å². The van der Waals surface area contributed by atoms with E-state index in [4.69, 9.17) is 4.99 Å². The average Bonchev–Trinajstić information content (AvgIpc) is 3.34. The number of amidine groups is 1. The summed E-state index contributed by atoms with van der Waals surface area (Å²) in [7, 11) is 0. The van der Waals surface area contributed by atoms with Crippen LogP contribution in [0.2, 0.25) is 0 Å². The molecule has 8 nitrogen and oxygen atoms in total. The lowest BCUT2D eigenvalue weighted by molar-refractivity contribution is -0.384. The van der Waals surface area contributed by atoms with Crippen LogP contribution in [0.15, 0.2) is 64.5 Å². The standard InChI is InChI=1S/C29H26N4O4S/c1-6-31-24-12-11-22(33(36)37)15-23(24)25(27(31)34)26-28(35)32(21-10-8-17(3)19(5)14-21)29(38-26)30-20-9-7-16(2)18(4)13-20/h7-15H,6H2,1-5H3/b26-25-,30-29?. The highest BCUT2D eigenvalue weighted by atomic mass is 32.2. The molecule has 1 saturated heterocycles. The molecule has 192 valence electrons. The van der Waals surface area contributed by atoms with Gasteiger partial charge in [0, 0.05) is 24.2 Å². The number of hydrogen-bond acceptors (Lipinski definition) is 6. The zero-order chi connectivity index (χ0) is 27.3. The Balaban J connectivity index is 1.73. The molecule has 0 saturated carbocycles. The first kappa shape index (κ1) is 25.4. The normalized spacial score (nSPS) is 18.1. The van der Waals surface area contributed by atoms with Crippen LogP contribution in [-0.4, -0.2) is 28.5 Å². The Morgan fingerprint density at radius 2 is 1.55 bits per heavy atom. The number of non-ortho nitro benzene ring substituents is 1.